The predicted molar refractivity (Wildman–Crippen MR) is 81.2 cm³/mol. The summed E-state index contributed by atoms with van der Waals surface area (Å²) in [4.78, 5) is 11.8. The summed E-state index contributed by atoms with van der Waals surface area (Å²) in [6, 6.07) is 4.68. The number of sulfonamides is 1. The molecule has 6 nitrogen and oxygen atoms in total. The maximum Gasteiger partial charge on any atom is 0.243 e. The molecule has 2 aliphatic heterocycles. The second-order valence-corrected chi connectivity index (χ2v) is 7.63. The molecule has 2 aliphatic rings. The van der Waals surface area contributed by atoms with E-state index < -0.39 is 10.0 Å². The van der Waals surface area contributed by atoms with Gasteiger partial charge in [0.1, 0.15) is 5.75 Å². The molecule has 1 aromatic rings. The van der Waals surface area contributed by atoms with Crippen LogP contribution in [0, 0.1) is 0 Å². The van der Waals surface area contributed by atoms with Crippen molar-refractivity contribution >= 4 is 15.9 Å². The zero-order valence-electron chi connectivity index (χ0n) is 12.5. The van der Waals surface area contributed by atoms with Gasteiger partial charge in [0, 0.05) is 25.6 Å². The van der Waals surface area contributed by atoms with Crippen molar-refractivity contribution in [3.63, 3.8) is 0 Å². The first kappa shape index (κ1) is 15.3. The summed E-state index contributed by atoms with van der Waals surface area (Å²) in [5, 5.41) is 2.71. The highest BCUT2D eigenvalue weighted by molar-refractivity contribution is 7.89. The van der Waals surface area contributed by atoms with Crippen LogP contribution >= 0.6 is 0 Å². The minimum atomic E-state index is -3.61. The van der Waals surface area contributed by atoms with Crippen molar-refractivity contribution in [3.05, 3.63) is 23.8 Å². The first-order chi connectivity index (χ1) is 10.5. The number of ether oxygens (including phenoxy) is 1. The Bertz CT molecular complexity index is 687. The molecule has 0 spiro atoms. The van der Waals surface area contributed by atoms with Gasteiger partial charge in [-0.25, -0.2) is 8.42 Å². The number of rotatable bonds is 2. The lowest BCUT2D eigenvalue weighted by Crippen LogP contribution is -2.39. The Morgan fingerprint density at radius 1 is 1.36 bits per heavy atom. The number of hydrogen-bond donors (Lipinski definition) is 1. The molecule has 22 heavy (non-hydrogen) atoms. The number of amides is 1. The molecule has 1 saturated heterocycles. The first-order valence-corrected chi connectivity index (χ1v) is 8.97. The fourth-order valence-corrected chi connectivity index (χ4v) is 4.64. The zero-order valence-corrected chi connectivity index (χ0v) is 13.4. The predicted octanol–water partition coefficient (Wildman–Crippen LogP) is 0.911. The normalized spacial score (nSPS) is 23.1. The number of nitrogens with one attached hydrogen (secondary N) is 1. The third kappa shape index (κ3) is 2.83. The molecule has 2 heterocycles. The van der Waals surface area contributed by atoms with E-state index in [1.165, 1.54) is 4.31 Å². The van der Waals surface area contributed by atoms with Gasteiger partial charge in [-0.1, -0.05) is 0 Å². The monoisotopic (exact) mass is 324 g/mol. The van der Waals surface area contributed by atoms with Crippen LogP contribution in [0.1, 0.15) is 25.3 Å². The second-order valence-electron chi connectivity index (χ2n) is 5.74. The Hall–Kier alpha value is -1.60. The van der Waals surface area contributed by atoms with Gasteiger partial charge in [0.15, 0.2) is 0 Å². The second kappa shape index (κ2) is 5.89. The third-order valence-electron chi connectivity index (χ3n) is 4.11. The molecule has 1 unspecified atom stereocenters. The van der Waals surface area contributed by atoms with Crippen molar-refractivity contribution in [2.24, 2.45) is 0 Å². The molecule has 1 fully saturated rings. The highest BCUT2D eigenvalue weighted by atomic mass is 32.2. The van der Waals surface area contributed by atoms with Crippen LogP contribution in [0.5, 0.6) is 5.75 Å². The van der Waals surface area contributed by atoms with Gasteiger partial charge in [-0.2, -0.15) is 4.31 Å². The molecule has 0 radical (unpaired) electrons. The fourth-order valence-electron chi connectivity index (χ4n) is 2.96. The fraction of sp³-hybridized carbons (Fsp3) is 0.533. The lowest BCUT2D eigenvalue weighted by atomic mass is 10.1. The van der Waals surface area contributed by atoms with Crippen LogP contribution < -0.4 is 10.1 Å². The van der Waals surface area contributed by atoms with Crippen LogP contribution in [-0.4, -0.2) is 44.4 Å². The number of fused-ring (bicyclic) bond motifs is 1. The molecule has 0 saturated carbocycles. The Kier molecular flexibility index (Phi) is 4.10. The number of carbonyl (C=O) groups excluding carboxylic acids is 1. The van der Waals surface area contributed by atoms with E-state index in [-0.39, 0.29) is 23.3 Å². The SMILES string of the molecule is CC1CC(=O)NCCN1S(=O)(=O)c1ccc2c(c1)CCCO2. The van der Waals surface area contributed by atoms with Crippen LogP contribution in [-0.2, 0) is 21.2 Å². The summed E-state index contributed by atoms with van der Waals surface area (Å²) in [6.07, 6.45) is 1.91. The Morgan fingerprint density at radius 2 is 2.18 bits per heavy atom. The van der Waals surface area contributed by atoms with Gasteiger partial charge < -0.3 is 10.1 Å². The summed E-state index contributed by atoms with van der Waals surface area (Å²) in [6.45, 7) is 3.08. The molecule has 1 amide bonds. The summed E-state index contributed by atoms with van der Waals surface area (Å²) >= 11 is 0. The van der Waals surface area contributed by atoms with E-state index in [0.717, 1.165) is 24.2 Å². The Balaban J connectivity index is 1.93. The maximum absolute atomic E-state index is 12.9. The summed E-state index contributed by atoms with van der Waals surface area (Å²) < 4.78 is 32.7. The van der Waals surface area contributed by atoms with E-state index >= 15 is 0 Å². The molecule has 1 atom stereocenters. The lowest BCUT2D eigenvalue weighted by Gasteiger charge is -2.26. The number of carbonyl (C=O) groups is 1. The summed E-state index contributed by atoms with van der Waals surface area (Å²) in [5.41, 5.74) is 0.934. The summed E-state index contributed by atoms with van der Waals surface area (Å²) in [5.74, 6) is 0.662. The average Bonchev–Trinajstić information content (AvgIpc) is 2.67. The van der Waals surface area contributed by atoms with Crippen molar-refractivity contribution in [2.75, 3.05) is 19.7 Å². The number of aryl methyl sites for hydroxylation is 1. The Labute approximate surface area is 130 Å². The molecular formula is C15H20N2O4S. The minimum absolute atomic E-state index is 0.107. The molecule has 1 aromatic carbocycles. The first-order valence-electron chi connectivity index (χ1n) is 7.53. The van der Waals surface area contributed by atoms with Crippen LogP contribution in [0.25, 0.3) is 0 Å². The smallest absolute Gasteiger partial charge is 0.243 e. The van der Waals surface area contributed by atoms with Gasteiger partial charge in [-0.15, -0.1) is 0 Å². The van der Waals surface area contributed by atoms with Crippen LogP contribution in [0.2, 0.25) is 0 Å². The molecule has 7 heteroatoms. The number of hydrogen-bond acceptors (Lipinski definition) is 4. The molecule has 3 rings (SSSR count). The average molecular weight is 324 g/mol. The van der Waals surface area contributed by atoms with Crippen LogP contribution in [0.3, 0.4) is 0 Å². The molecule has 0 aliphatic carbocycles. The van der Waals surface area contributed by atoms with Crippen LogP contribution in [0.15, 0.2) is 23.1 Å². The molecule has 0 aromatic heterocycles. The van der Waals surface area contributed by atoms with Gasteiger partial charge in [-0.05, 0) is 43.5 Å². The maximum atomic E-state index is 12.9. The van der Waals surface area contributed by atoms with Crippen molar-refractivity contribution in [1.29, 1.82) is 0 Å². The van der Waals surface area contributed by atoms with E-state index in [2.05, 4.69) is 5.32 Å². The minimum Gasteiger partial charge on any atom is -0.493 e. The van der Waals surface area contributed by atoms with Crippen molar-refractivity contribution in [3.8, 4) is 5.75 Å². The van der Waals surface area contributed by atoms with Crippen molar-refractivity contribution in [2.45, 2.75) is 37.1 Å². The van der Waals surface area contributed by atoms with E-state index in [0.29, 0.717) is 19.7 Å². The molecule has 1 N–H and O–H groups in total. The van der Waals surface area contributed by atoms with Crippen molar-refractivity contribution in [1.82, 2.24) is 9.62 Å². The number of nitrogens with zero attached hydrogens (tertiary/aromatic N) is 1. The van der Waals surface area contributed by atoms with Gasteiger partial charge in [0.25, 0.3) is 0 Å². The lowest BCUT2D eigenvalue weighted by molar-refractivity contribution is -0.121. The third-order valence-corrected chi connectivity index (χ3v) is 6.12. The molecular weight excluding hydrogens is 304 g/mol. The van der Waals surface area contributed by atoms with E-state index in [1.54, 1.807) is 25.1 Å². The van der Waals surface area contributed by atoms with Crippen molar-refractivity contribution < 1.29 is 17.9 Å². The zero-order chi connectivity index (χ0) is 15.7. The highest BCUT2D eigenvalue weighted by Gasteiger charge is 2.32. The van der Waals surface area contributed by atoms with Gasteiger partial charge in [0.2, 0.25) is 15.9 Å². The van der Waals surface area contributed by atoms with Crippen LogP contribution in [0.4, 0.5) is 0 Å². The topological polar surface area (TPSA) is 75.7 Å². The molecule has 120 valence electrons. The highest BCUT2D eigenvalue weighted by Crippen LogP contribution is 2.29. The number of benzene rings is 1. The van der Waals surface area contributed by atoms with Gasteiger partial charge >= 0.3 is 0 Å². The van der Waals surface area contributed by atoms with E-state index in [4.69, 9.17) is 4.74 Å². The van der Waals surface area contributed by atoms with Gasteiger partial charge in [0.05, 0.1) is 11.5 Å². The quantitative estimate of drug-likeness (QED) is 0.877. The Morgan fingerprint density at radius 3 is 3.00 bits per heavy atom. The standard InChI is InChI=1S/C15H20N2O4S/c1-11-9-15(18)16-6-7-17(11)22(19,20)13-4-5-14-12(10-13)3-2-8-21-14/h4-5,10-11H,2-3,6-9H2,1H3,(H,16,18). The van der Waals surface area contributed by atoms with E-state index in [9.17, 15) is 13.2 Å². The summed E-state index contributed by atoms with van der Waals surface area (Å²) in [7, 11) is -3.61. The largest absolute Gasteiger partial charge is 0.493 e. The van der Waals surface area contributed by atoms with Gasteiger partial charge in [-0.3, -0.25) is 4.79 Å². The van der Waals surface area contributed by atoms with E-state index in [1.807, 2.05) is 0 Å². The molecule has 0 bridgehead atoms.